The summed E-state index contributed by atoms with van der Waals surface area (Å²) in [4.78, 5) is 30.0. The van der Waals surface area contributed by atoms with Gasteiger partial charge in [0.05, 0.1) is 16.5 Å². The van der Waals surface area contributed by atoms with Crippen molar-refractivity contribution < 1.29 is 19.4 Å². The number of ether oxygens (including phenoxy) is 1. The number of thiophene rings is 1. The number of ketones is 1. The van der Waals surface area contributed by atoms with Crippen LogP contribution < -0.4 is 4.74 Å². The number of likely N-dealkylation sites (N-methyl/N-ethyl adjacent to an activating group) is 1. The smallest absolute Gasteiger partial charge is 0.290 e. The molecule has 1 aliphatic heterocycles. The Balaban J connectivity index is 2.04. The Labute approximate surface area is 174 Å². The van der Waals surface area contributed by atoms with E-state index in [0.29, 0.717) is 35.9 Å². The van der Waals surface area contributed by atoms with Crippen molar-refractivity contribution in [2.24, 2.45) is 0 Å². The zero-order valence-corrected chi connectivity index (χ0v) is 17.3. The Kier molecular flexibility index (Phi) is 6.51. The molecule has 2 aromatic rings. The number of benzene rings is 1. The molecule has 1 aromatic heterocycles. The van der Waals surface area contributed by atoms with E-state index in [1.165, 1.54) is 11.3 Å². The van der Waals surface area contributed by atoms with Gasteiger partial charge in [0.25, 0.3) is 5.91 Å². The highest BCUT2D eigenvalue weighted by atomic mass is 32.1. The van der Waals surface area contributed by atoms with Crippen molar-refractivity contribution in [3.8, 4) is 5.75 Å². The van der Waals surface area contributed by atoms with E-state index in [1.54, 1.807) is 40.6 Å². The summed E-state index contributed by atoms with van der Waals surface area (Å²) in [5, 5.41) is 12.4. The number of hydrogen-bond acceptors (Lipinski definition) is 6. The largest absolute Gasteiger partial charge is 0.503 e. The molecule has 0 radical (unpaired) electrons. The van der Waals surface area contributed by atoms with E-state index >= 15 is 0 Å². The molecule has 152 valence electrons. The first kappa shape index (κ1) is 20.8. The van der Waals surface area contributed by atoms with Crippen molar-refractivity contribution in [1.82, 2.24) is 9.80 Å². The summed E-state index contributed by atoms with van der Waals surface area (Å²) >= 11 is 1.28. The van der Waals surface area contributed by atoms with E-state index in [0.717, 1.165) is 0 Å². The van der Waals surface area contributed by atoms with Gasteiger partial charge in [0.1, 0.15) is 12.4 Å². The summed E-state index contributed by atoms with van der Waals surface area (Å²) in [7, 11) is 3.81. The number of Topliss-reactive ketones (excluding diaryl/α,β-unsaturated/α-hetero) is 1. The van der Waals surface area contributed by atoms with Gasteiger partial charge in [-0.3, -0.25) is 9.59 Å². The highest BCUT2D eigenvalue weighted by molar-refractivity contribution is 7.12. The van der Waals surface area contributed by atoms with Gasteiger partial charge in [0.15, 0.2) is 5.76 Å². The van der Waals surface area contributed by atoms with Gasteiger partial charge in [-0.1, -0.05) is 30.9 Å². The molecule has 0 spiro atoms. The molecular weight excluding hydrogens is 388 g/mol. The normalized spacial score (nSPS) is 16.6. The number of nitrogens with zero attached hydrogens (tertiary/aromatic N) is 2. The molecule has 0 fully saturated rings. The topological polar surface area (TPSA) is 70.1 Å². The third-order valence-electron chi connectivity index (χ3n) is 4.62. The minimum Gasteiger partial charge on any atom is -0.503 e. The maximum Gasteiger partial charge on any atom is 0.290 e. The molecule has 1 atom stereocenters. The van der Waals surface area contributed by atoms with Gasteiger partial charge in [-0.15, -0.1) is 11.3 Å². The lowest BCUT2D eigenvalue weighted by molar-refractivity contribution is -0.129. The monoisotopic (exact) mass is 412 g/mol. The first-order valence-corrected chi connectivity index (χ1v) is 10.1. The SMILES string of the molecule is C=CCOc1cccc([C@H]2C(C(=O)c3cccs3)=C(O)C(=O)N2CCN(C)C)c1. The van der Waals surface area contributed by atoms with E-state index in [9.17, 15) is 14.7 Å². The lowest BCUT2D eigenvalue weighted by Gasteiger charge is -2.28. The van der Waals surface area contributed by atoms with Crippen LogP contribution in [0.25, 0.3) is 0 Å². The van der Waals surface area contributed by atoms with Gasteiger partial charge in [-0.2, -0.15) is 0 Å². The van der Waals surface area contributed by atoms with Gasteiger partial charge in [0, 0.05) is 13.1 Å². The summed E-state index contributed by atoms with van der Waals surface area (Å²) < 4.78 is 5.62. The van der Waals surface area contributed by atoms with Crippen LogP contribution in [-0.2, 0) is 4.79 Å². The summed E-state index contributed by atoms with van der Waals surface area (Å²) in [6, 6.07) is 10.0. The molecule has 1 aliphatic rings. The quantitative estimate of drug-likeness (QED) is 0.505. The number of aliphatic hydroxyl groups excluding tert-OH is 1. The number of hydrogen-bond donors (Lipinski definition) is 1. The van der Waals surface area contributed by atoms with Crippen LogP contribution in [0.5, 0.6) is 5.75 Å². The number of carbonyl (C=O) groups excluding carboxylic acids is 2. The molecule has 6 nitrogen and oxygen atoms in total. The summed E-state index contributed by atoms with van der Waals surface area (Å²) in [5.74, 6) is -0.740. The molecular formula is C22H24N2O4S. The predicted molar refractivity (Wildman–Crippen MR) is 113 cm³/mol. The van der Waals surface area contributed by atoms with E-state index in [2.05, 4.69) is 6.58 Å². The minimum absolute atomic E-state index is 0.108. The Hall–Kier alpha value is -2.90. The Morgan fingerprint density at radius 2 is 2.14 bits per heavy atom. The van der Waals surface area contributed by atoms with Crippen LogP contribution in [0.4, 0.5) is 0 Å². The fraction of sp³-hybridized carbons (Fsp3) is 0.273. The van der Waals surface area contributed by atoms with Crippen LogP contribution in [0.2, 0.25) is 0 Å². The zero-order chi connectivity index (χ0) is 21.0. The molecule has 1 aromatic carbocycles. The van der Waals surface area contributed by atoms with Crippen LogP contribution in [0.1, 0.15) is 21.3 Å². The van der Waals surface area contributed by atoms with Gasteiger partial charge >= 0.3 is 0 Å². The fourth-order valence-electron chi connectivity index (χ4n) is 3.24. The lowest BCUT2D eigenvalue weighted by Crippen LogP contribution is -2.36. The molecule has 0 bridgehead atoms. The van der Waals surface area contributed by atoms with Crippen LogP contribution in [0, 0.1) is 0 Å². The number of aliphatic hydroxyl groups is 1. The molecule has 0 saturated heterocycles. The fourth-order valence-corrected chi connectivity index (χ4v) is 3.92. The number of amides is 1. The first-order chi connectivity index (χ1) is 13.9. The molecule has 29 heavy (non-hydrogen) atoms. The van der Waals surface area contributed by atoms with Crippen LogP contribution in [-0.4, -0.2) is 60.4 Å². The van der Waals surface area contributed by atoms with Gasteiger partial charge in [0.2, 0.25) is 5.78 Å². The second-order valence-electron chi connectivity index (χ2n) is 6.95. The highest BCUT2D eigenvalue weighted by Gasteiger charge is 2.43. The van der Waals surface area contributed by atoms with Crippen LogP contribution in [0.15, 0.2) is 65.8 Å². The summed E-state index contributed by atoms with van der Waals surface area (Å²) in [5.41, 5.74) is 0.819. The molecule has 2 heterocycles. The third kappa shape index (κ3) is 4.41. The first-order valence-electron chi connectivity index (χ1n) is 9.24. The van der Waals surface area contributed by atoms with Crippen LogP contribution >= 0.6 is 11.3 Å². The maximum absolute atomic E-state index is 13.1. The Morgan fingerprint density at radius 3 is 2.79 bits per heavy atom. The number of carbonyl (C=O) groups is 2. The second-order valence-corrected chi connectivity index (χ2v) is 7.89. The third-order valence-corrected chi connectivity index (χ3v) is 5.49. The van der Waals surface area contributed by atoms with Crippen molar-refractivity contribution in [2.75, 3.05) is 33.8 Å². The predicted octanol–water partition coefficient (Wildman–Crippen LogP) is 3.45. The van der Waals surface area contributed by atoms with Gasteiger partial charge in [-0.05, 0) is 43.2 Å². The lowest BCUT2D eigenvalue weighted by atomic mass is 9.95. The second kappa shape index (κ2) is 9.07. The summed E-state index contributed by atoms with van der Waals surface area (Å²) in [6.07, 6.45) is 1.65. The van der Waals surface area contributed by atoms with Crippen molar-refractivity contribution >= 4 is 23.0 Å². The molecule has 0 unspecified atom stereocenters. The standard InChI is InChI=1S/C22H24N2O4S/c1-4-12-28-16-8-5-7-15(14-16)19-18(20(25)17-9-6-13-29-17)21(26)22(27)24(19)11-10-23(2)3/h4-9,13-14,19,26H,1,10-12H2,2-3H3/t19-/m0/s1. The van der Waals surface area contributed by atoms with Gasteiger partial charge < -0.3 is 19.6 Å². The van der Waals surface area contributed by atoms with Crippen molar-refractivity contribution in [3.63, 3.8) is 0 Å². The van der Waals surface area contributed by atoms with Crippen molar-refractivity contribution in [3.05, 3.63) is 76.2 Å². The molecule has 1 amide bonds. The number of rotatable bonds is 9. The van der Waals surface area contributed by atoms with Gasteiger partial charge in [-0.25, -0.2) is 0 Å². The Bertz CT molecular complexity index is 934. The van der Waals surface area contributed by atoms with E-state index < -0.39 is 17.7 Å². The maximum atomic E-state index is 13.1. The van der Waals surface area contributed by atoms with E-state index in [4.69, 9.17) is 4.74 Å². The molecule has 0 aliphatic carbocycles. The van der Waals surface area contributed by atoms with E-state index in [-0.39, 0.29) is 11.4 Å². The molecule has 1 N–H and O–H groups in total. The van der Waals surface area contributed by atoms with Crippen LogP contribution in [0.3, 0.4) is 0 Å². The summed E-state index contributed by atoms with van der Waals surface area (Å²) in [6.45, 7) is 4.97. The molecule has 3 rings (SSSR count). The minimum atomic E-state index is -0.677. The average Bonchev–Trinajstić information content (AvgIpc) is 3.32. The average molecular weight is 413 g/mol. The molecule has 7 heteroatoms. The molecule has 0 saturated carbocycles. The zero-order valence-electron chi connectivity index (χ0n) is 16.5. The Morgan fingerprint density at radius 1 is 1.34 bits per heavy atom. The van der Waals surface area contributed by atoms with Crippen molar-refractivity contribution in [1.29, 1.82) is 0 Å². The van der Waals surface area contributed by atoms with Crippen molar-refractivity contribution in [2.45, 2.75) is 6.04 Å². The highest BCUT2D eigenvalue weighted by Crippen LogP contribution is 2.40. The van der Waals surface area contributed by atoms with E-state index in [1.807, 2.05) is 31.1 Å².